The molecular formula is C18H38N4O2. The molecule has 1 aliphatic rings. The van der Waals surface area contributed by atoms with E-state index in [9.17, 15) is 0 Å². The fraction of sp³-hybridized carbons (Fsp3) is 0.944. The normalized spacial score (nSPS) is 18.8. The van der Waals surface area contributed by atoms with Crippen molar-refractivity contribution >= 4 is 5.96 Å². The minimum atomic E-state index is 0.317. The molecule has 0 amide bonds. The number of aliphatic imine (C=N–C) groups is 1. The van der Waals surface area contributed by atoms with E-state index in [2.05, 4.69) is 48.2 Å². The van der Waals surface area contributed by atoms with Gasteiger partial charge in [-0.1, -0.05) is 0 Å². The Morgan fingerprint density at radius 2 is 1.92 bits per heavy atom. The summed E-state index contributed by atoms with van der Waals surface area (Å²) in [5, 5.41) is 6.72. The predicted molar refractivity (Wildman–Crippen MR) is 101 cm³/mol. The van der Waals surface area contributed by atoms with E-state index in [4.69, 9.17) is 9.47 Å². The van der Waals surface area contributed by atoms with Crippen LogP contribution in [-0.2, 0) is 9.47 Å². The topological polar surface area (TPSA) is 58.1 Å². The molecule has 0 spiro atoms. The lowest BCUT2D eigenvalue weighted by atomic mass is 10.2. The van der Waals surface area contributed by atoms with Crippen LogP contribution in [0.5, 0.6) is 0 Å². The fourth-order valence-electron chi connectivity index (χ4n) is 3.01. The third-order valence-electron chi connectivity index (χ3n) is 4.30. The van der Waals surface area contributed by atoms with Gasteiger partial charge in [-0.05, 0) is 47.0 Å². The van der Waals surface area contributed by atoms with Gasteiger partial charge in [0, 0.05) is 52.0 Å². The molecule has 2 N–H and O–H groups in total. The van der Waals surface area contributed by atoms with Crippen LogP contribution < -0.4 is 10.6 Å². The van der Waals surface area contributed by atoms with Crippen LogP contribution in [0.3, 0.4) is 0 Å². The summed E-state index contributed by atoms with van der Waals surface area (Å²) in [6.07, 6.45) is 3.59. The van der Waals surface area contributed by atoms with Gasteiger partial charge in [0.15, 0.2) is 5.96 Å². The summed E-state index contributed by atoms with van der Waals surface area (Å²) in [7, 11) is 1.81. The zero-order valence-electron chi connectivity index (χ0n) is 16.3. The van der Waals surface area contributed by atoms with Crippen LogP contribution >= 0.6 is 0 Å². The molecule has 142 valence electrons. The second kappa shape index (κ2) is 12.5. The van der Waals surface area contributed by atoms with Gasteiger partial charge in [-0.15, -0.1) is 0 Å². The Morgan fingerprint density at radius 3 is 2.50 bits per heavy atom. The minimum Gasteiger partial charge on any atom is -0.379 e. The van der Waals surface area contributed by atoms with Gasteiger partial charge < -0.3 is 20.1 Å². The van der Waals surface area contributed by atoms with Crippen LogP contribution in [0.1, 0.15) is 47.0 Å². The van der Waals surface area contributed by atoms with Crippen LogP contribution in [0.15, 0.2) is 4.99 Å². The highest BCUT2D eigenvalue weighted by atomic mass is 16.5. The van der Waals surface area contributed by atoms with Crippen LogP contribution in [0.4, 0.5) is 0 Å². The van der Waals surface area contributed by atoms with Crippen LogP contribution in [0, 0.1) is 0 Å². The Balaban J connectivity index is 2.05. The zero-order valence-corrected chi connectivity index (χ0v) is 16.3. The molecule has 0 bridgehead atoms. The second-order valence-electron chi connectivity index (χ2n) is 6.91. The number of nitrogens with one attached hydrogen (secondary N) is 2. The number of ether oxygens (including phenoxy) is 2. The molecule has 6 nitrogen and oxygen atoms in total. The van der Waals surface area contributed by atoms with E-state index in [-0.39, 0.29) is 0 Å². The Labute approximate surface area is 148 Å². The SMILES string of the molecule is CN=C(NCCCOCC1CCCO1)NCCN(C(C)C)C(C)C. The van der Waals surface area contributed by atoms with Gasteiger partial charge in [-0.25, -0.2) is 0 Å². The Hall–Kier alpha value is -0.850. The summed E-state index contributed by atoms with van der Waals surface area (Å²) in [5.74, 6) is 0.863. The number of nitrogens with zero attached hydrogens (tertiary/aromatic N) is 2. The average molecular weight is 343 g/mol. The van der Waals surface area contributed by atoms with Crippen molar-refractivity contribution in [1.29, 1.82) is 0 Å². The lowest BCUT2D eigenvalue weighted by molar-refractivity contribution is 0.0168. The lowest BCUT2D eigenvalue weighted by Gasteiger charge is -2.30. The quantitative estimate of drug-likeness (QED) is 0.341. The summed E-state index contributed by atoms with van der Waals surface area (Å²) in [6.45, 7) is 14.1. The Morgan fingerprint density at radius 1 is 1.21 bits per heavy atom. The van der Waals surface area contributed by atoms with Crippen molar-refractivity contribution in [2.75, 3.05) is 46.5 Å². The molecule has 0 aliphatic carbocycles. The largest absolute Gasteiger partial charge is 0.379 e. The molecule has 0 radical (unpaired) electrons. The van der Waals surface area contributed by atoms with E-state index in [1.165, 1.54) is 6.42 Å². The molecule has 1 heterocycles. The molecular weight excluding hydrogens is 304 g/mol. The van der Waals surface area contributed by atoms with Gasteiger partial charge in [0.2, 0.25) is 0 Å². The maximum absolute atomic E-state index is 5.67. The van der Waals surface area contributed by atoms with E-state index < -0.39 is 0 Å². The number of guanidine groups is 1. The molecule has 1 rings (SSSR count). The fourth-order valence-corrected chi connectivity index (χ4v) is 3.01. The third kappa shape index (κ3) is 8.85. The molecule has 1 saturated heterocycles. The smallest absolute Gasteiger partial charge is 0.191 e. The van der Waals surface area contributed by atoms with Crippen LogP contribution in [-0.4, -0.2) is 75.5 Å². The van der Waals surface area contributed by atoms with Gasteiger partial charge in [0.1, 0.15) is 0 Å². The highest BCUT2D eigenvalue weighted by Crippen LogP contribution is 2.11. The molecule has 1 aliphatic heterocycles. The molecule has 0 aromatic carbocycles. The molecule has 1 fully saturated rings. The summed E-state index contributed by atoms with van der Waals surface area (Å²) >= 11 is 0. The molecule has 6 heteroatoms. The van der Waals surface area contributed by atoms with Crippen molar-refractivity contribution in [3.63, 3.8) is 0 Å². The van der Waals surface area contributed by atoms with Crippen LogP contribution in [0.2, 0.25) is 0 Å². The monoisotopic (exact) mass is 342 g/mol. The first-order valence-electron chi connectivity index (χ1n) is 9.44. The van der Waals surface area contributed by atoms with Gasteiger partial charge in [0.05, 0.1) is 12.7 Å². The Kier molecular flexibility index (Phi) is 11.0. The van der Waals surface area contributed by atoms with Crippen molar-refractivity contribution in [1.82, 2.24) is 15.5 Å². The lowest BCUT2D eigenvalue weighted by Crippen LogP contribution is -2.45. The number of hydrogen-bond acceptors (Lipinski definition) is 4. The van der Waals surface area contributed by atoms with E-state index >= 15 is 0 Å². The summed E-state index contributed by atoms with van der Waals surface area (Å²) in [6, 6.07) is 1.12. The first-order chi connectivity index (χ1) is 11.5. The number of hydrogen-bond donors (Lipinski definition) is 2. The van der Waals surface area contributed by atoms with E-state index in [1.54, 1.807) is 0 Å². The summed E-state index contributed by atoms with van der Waals surface area (Å²) < 4.78 is 11.2. The first-order valence-corrected chi connectivity index (χ1v) is 9.44. The molecule has 1 atom stereocenters. The van der Waals surface area contributed by atoms with E-state index in [0.717, 1.165) is 58.3 Å². The molecule has 0 saturated carbocycles. The van der Waals surface area contributed by atoms with Gasteiger partial charge >= 0.3 is 0 Å². The predicted octanol–water partition coefficient (Wildman–Crippen LogP) is 1.86. The zero-order chi connectivity index (χ0) is 17.8. The van der Waals surface area contributed by atoms with Crippen molar-refractivity contribution in [2.45, 2.75) is 65.1 Å². The van der Waals surface area contributed by atoms with Crippen molar-refractivity contribution in [3.8, 4) is 0 Å². The molecule has 24 heavy (non-hydrogen) atoms. The van der Waals surface area contributed by atoms with E-state index in [0.29, 0.717) is 18.2 Å². The highest BCUT2D eigenvalue weighted by molar-refractivity contribution is 5.79. The maximum Gasteiger partial charge on any atom is 0.191 e. The van der Waals surface area contributed by atoms with Crippen molar-refractivity contribution in [2.24, 2.45) is 4.99 Å². The van der Waals surface area contributed by atoms with Crippen LogP contribution in [0.25, 0.3) is 0 Å². The van der Waals surface area contributed by atoms with Gasteiger partial charge in [-0.2, -0.15) is 0 Å². The first kappa shape index (κ1) is 21.2. The number of rotatable bonds is 11. The van der Waals surface area contributed by atoms with Crippen molar-refractivity contribution in [3.05, 3.63) is 0 Å². The molecule has 1 unspecified atom stereocenters. The van der Waals surface area contributed by atoms with Gasteiger partial charge in [-0.3, -0.25) is 9.89 Å². The van der Waals surface area contributed by atoms with Gasteiger partial charge in [0.25, 0.3) is 0 Å². The minimum absolute atomic E-state index is 0.317. The average Bonchev–Trinajstić information content (AvgIpc) is 3.05. The third-order valence-corrected chi connectivity index (χ3v) is 4.30. The Bertz CT molecular complexity index is 334. The maximum atomic E-state index is 5.67. The summed E-state index contributed by atoms with van der Waals surface area (Å²) in [4.78, 5) is 6.74. The summed E-state index contributed by atoms with van der Waals surface area (Å²) in [5.41, 5.74) is 0. The van der Waals surface area contributed by atoms with Crippen molar-refractivity contribution < 1.29 is 9.47 Å². The van der Waals surface area contributed by atoms with E-state index in [1.807, 2.05) is 7.05 Å². The highest BCUT2D eigenvalue weighted by Gasteiger charge is 2.15. The standard InChI is InChI=1S/C18H38N4O2/c1-15(2)22(16(3)4)11-10-21-18(19-5)20-9-7-12-23-14-17-8-6-13-24-17/h15-17H,6-14H2,1-5H3,(H2,19,20,21). The molecule has 0 aromatic rings. The second-order valence-corrected chi connectivity index (χ2v) is 6.91. The molecule has 0 aromatic heterocycles.